The summed E-state index contributed by atoms with van der Waals surface area (Å²) in [5.41, 5.74) is 2.83. The number of carboxylic acids is 1. The second kappa shape index (κ2) is 6.33. The number of halogens is 1. The SMILES string of the molecule is O=C(O)c1c[nH]c2cc(F)c(-c3ccc(C4CCCCO4)cc3)cc12. The molecule has 1 saturated heterocycles. The lowest BCUT2D eigenvalue weighted by Gasteiger charge is -2.23. The monoisotopic (exact) mass is 339 g/mol. The van der Waals surface area contributed by atoms with E-state index in [0.717, 1.165) is 37.0 Å². The second-order valence-corrected chi connectivity index (χ2v) is 6.36. The molecule has 2 N–H and O–H groups in total. The molecule has 128 valence electrons. The van der Waals surface area contributed by atoms with Crippen LogP contribution in [0.2, 0.25) is 0 Å². The van der Waals surface area contributed by atoms with Gasteiger partial charge in [0, 0.05) is 29.3 Å². The maximum absolute atomic E-state index is 14.5. The van der Waals surface area contributed by atoms with Crippen molar-refractivity contribution in [2.45, 2.75) is 25.4 Å². The minimum absolute atomic E-state index is 0.110. The van der Waals surface area contributed by atoms with Gasteiger partial charge in [0.2, 0.25) is 0 Å². The number of nitrogens with one attached hydrogen (secondary N) is 1. The zero-order valence-electron chi connectivity index (χ0n) is 13.6. The van der Waals surface area contributed by atoms with Crippen LogP contribution in [0.3, 0.4) is 0 Å². The molecular formula is C20H18FNO3. The lowest BCUT2D eigenvalue weighted by Crippen LogP contribution is -2.11. The van der Waals surface area contributed by atoms with Gasteiger partial charge in [-0.2, -0.15) is 0 Å². The third-order valence-corrected chi connectivity index (χ3v) is 4.77. The fraction of sp³-hybridized carbons (Fsp3) is 0.250. The fourth-order valence-electron chi connectivity index (χ4n) is 3.42. The number of carboxylic acid groups (broad SMARTS) is 1. The number of H-pyrrole nitrogens is 1. The average molecular weight is 339 g/mol. The van der Waals surface area contributed by atoms with Gasteiger partial charge in [0.1, 0.15) is 5.82 Å². The molecule has 0 radical (unpaired) electrons. The summed E-state index contributed by atoms with van der Waals surface area (Å²) in [7, 11) is 0. The van der Waals surface area contributed by atoms with Crippen molar-refractivity contribution in [2.75, 3.05) is 6.61 Å². The molecule has 4 rings (SSSR count). The Kier molecular flexibility index (Phi) is 4.01. The summed E-state index contributed by atoms with van der Waals surface area (Å²) in [6.07, 6.45) is 4.76. The summed E-state index contributed by atoms with van der Waals surface area (Å²) >= 11 is 0. The van der Waals surface area contributed by atoms with Crippen LogP contribution in [0.15, 0.2) is 42.6 Å². The van der Waals surface area contributed by atoms with Crippen LogP contribution in [-0.2, 0) is 4.74 Å². The van der Waals surface area contributed by atoms with Gasteiger partial charge >= 0.3 is 5.97 Å². The molecule has 1 unspecified atom stereocenters. The molecule has 0 bridgehead atoms. The van der Waals surface area contributed by atoms with Gasteiger partial charge in [-0.25, -0.2) is 9.18 Å². The van der Waals surface area contributed by atoms with Crippen LogP contribution >= 0.6 is 0 Å². The lowest BCUT2D eigenvalue weighted by atomic mass is 9.97. The summed E-state index contributed by atoms with van der Waals surface area (Å²) in [6, 6.07) is 10.6. The van der Waals surface area contributed by atoms with Gasteiger partial charge in [0.25, 0.3) is 0 Å². The maximum atomic E-state index is 14.5. The van der Waals surface area contributed by atoms with E-state index in [1.54, 1.807) is 6.07 Å². The Balaban J connectivity index is 1.72. The number of aromatic amines is 1. The Bertz CT molecular complexity index is 924. The van der Waals surface area contributed by atoms with E-state index in [9.17, 15) is 14.3 Å². The van der Waals surface area contributed by atoms with Crippen LogP contribution in [0.1, 0.15) is 41.3 Å². The maximum Gasteiger partial charge on any atom is 0.337 e. The summed E-state index contributed by atoms with van der Waals surface area (Å²) in [5.74, 6) is -1.42. The first-order valence-electron chi connectivity index (χ1n) is 8.39. The van der Waals surface area contributed by atoms with Gasteiger partial charge < -0.3 is 14.8 Å². The minimum atomic E-state index is -1.03. The largest absolute Gasteiger partial charge is 0.478 e. The Morgan fingerprint density at radius 2 is 2.00 bits per heavy atom. The number of fused-ring (bicyclic) bond motifs is 1. The third-order valence-electron chi connectivity index (χ3n) is 4.77. The van der Waals surface area contributed by atoms with Crippen molar-refractivity contribution in [1.82, 2.24) is 4.98 Å². The van der Waals surface area contributed by atoms with E-state index < -0.39 is 5.97 Å². The zero-order chi connectivity index (χ0) is 17.4. The number of aromatic nitrogens is 1. The molecule has 0 amide bonds. The van der Waals surface area contributed by atoms with E-state index in [1.165, 1.54) is 12.3 Å². The van der Waals surface area contributed by atoms with Gasteiger partial charge in [0.05, 0.1) is 11.7 Å². The van der Waals surface area contributed by atoms with E-state index in [4.69, 9.17) is 4.74 Å². The highest BCUT2D eigenvalue weighted by atomic mass is 19.1. The Morgan fingerprint density at radius 3 is 2.68 bits per heavy atom. The van der Waals surface area contributed by atoms with Gasteiger partial charge in [-0.3, -0.25) is 0 Å². The average Bonchev–Trinajstić information content (AvgIpc) is 3.05. The zero-order valence-corrected chi connectivity index (χ0v) is 13.6. The quantitative estimate of drug-likeness (QED) is 0.712. The smallest absolute Gasteiger partial charge is 0.337 e. The predicted molar refractivity (Wildman–Crippen MR) is 93.2 cm³/mol. The van der Waals surface area contributed by atoms with Crippen molar-refractivity contribution in [2.24, 2.45) is 0 Å². The molecule has 0 spiro atoms. The fourth-order valence-corrected chi connectivity index (χ4v) is 3.42. The van der Waals surface area contributed by atoms with E-state index >= 15 is 0 Å². The molecule has 0 saturated carbocycles. The summed E-state index contributed by atoms with van der Waals surface area (Å²) in [5, 5.41) is 9.76. The van der Waals surface area contributed by atoms with Crippen molar-refractivity contribution >= 4 is 16.9 Å². The number of hydrogen-bond donors (Lipinski definition) is 2. The minimum Gasteiger partial charge on any atom is -0.478 e. The Morgan fingerprint density at radius 1 is 1.20 bits per heavy atom. The number of aromatic carboxylic acids is 1. The predicted octanol–water partition coefficient (Wildman–Crippen LogP) is 4.91. The molecule has 1 aromatic heterocycles. The van der Waals surface area contributed by atoms with Crippen molar-refractivity contribution in [3.63, 3.8) is 0 Å². The van der Waals surface area contributed by atoms with Crippen molar-refractivity contribution in [1.29, 1.82) is 0 Å². The molecular weight excluding hydrogens is 321 g/mol. The number of ether oxygens (including phenoxy) is 1. The van der Waals surface area contributed by atoms with Gasteiger partial charge in [-0.15, -0.1) is 0 Å². The normalized spacial score (nSPS) is 17.7. The first-order valence-corrected chi connectivity index (χ1v) is 8.39. The topological polar surface area (TPSA) is 62.3 Å². The number of benzene rings is 2. The van der Waals surface area contributed by atoms with Gasteiger partial charge in [-0.1, -0.05) is 24.3 Å². The summed E-state index contributed by atoms with van der Waals surface area (Å²) in [4.78, 5) is 14.1. The van der Waals surface area contributed by atoms with Crippen molar-refractivity contribution in [3.8, 4) is 11.1 Å². The highest BCUT2D eigenvalue weighted by molar-refractivity contribution is 6.04. The van der Waals surface area contributed by atoms with Crippen LogP contribution < -0.4 is 0 Å². The highest BCUT2D eigenvalue weighted by Gasteiger charge is 2.17. The van der Waals surface area contributed by atoms with E-state index in [0.29, 0.717) is 16.5 Å². The van der Waals surface area contributed by atoms with Crippen LogP contribution in [0.25, 0.3) is 22.0 Å². The highest BCUT2D eigenvalue weighted by Crippen LogP contribution is 2.32. The molecule has 3 aromatic rings. The van der Waals surface area contributed by atoms with Crippen LogP contribution in [0.4, 0.5) is 4.39 Å². The molecule has 4 nitrogen and oxygen atoms in total. The molecule has 25 heavy (non-hydrogen) atoms. The first-order chi connectivity index (χ1) is 12.1. The Labute approximate surface area is 144 Å². The summed E-state index contributed by atoms with van der Waals surface area (Å²) < 4.78 is 20.3. The van der Waals surface area contributed by atoms with Gasteiger partial charge in [0.15, 0.2) is 0 Å². The molecule has 2 aromatic carbocycles. The van der Waals surface area contributed by atoms with Crippen LogP contribution in [0.5, 0.6) is 0 Å². The number of rotatable bonds is 3. The number of carbonyl (C=O) groups is 1. The first kappa shape index (κ1) is 15.8. The van der Waals surface area contributed by atoms with Crippen molar-refractivity contribution in [3.05, 3.63) is 59.5 Å². The molecule has 5 heteroatoms. The molecule has 1 fully saturated rings. The van der Waals surface area contributed by atoms with E-state index in [2.05, 4.69) is 4.98 Å². The molecule has 0 aliphatic carbocycles. The second-order valence-electron chi connectivity index (χ2n) is 6.36. The van der Waals surface area contributed by atoms with Gasteiger partial charge in [-0.05, 0) is 42.5 Å². The molecule has 1 aliphatic heterocycles. The standard InChI is InChI=1S/C20H18FNO3/c21-17-10-18-15(16(11-22-18)20(23)24)9-14(17)12-4-6-13(7-5-12)19-3-1-2-8-25-19/h4-7,9-11,19,22H,1-3,8H2,(H,23,24). The third kappa shape index (κ3) is 2.91. The Hall–Kier alpha value is -2.66. The molecule has 1 aliphatic rings. The lowest BCUT2D eigenvalue weighted by molar-refractivity contribution is 0.0149. The molecule has 2 heterocycles. The van der Waals surface area contributed by atoms with E-state index in [1.807, 2.05) is 24.3 Å². The van der Waals surface area contributed by atoms with Crippen LogP contribution in [0, 0.1) is 5.82 Å². The van der Waals surface area contributed by atoms with Crippen molar-refractivity contribution < 1.29 is 19.0 Å². The van der Waals surface area contributed by atoms with Crippen LogP contribution in [-0.4, -0.2) is 22.7 Å². The molecule has 1 atom stereocenters. The number of hydrogen-bond acceptors (Lipinski definition) is 2. The van der Waals surface area contributed by atoms with E-state index in [-0.39, 0.29) is 17.5 Å². The summed E-state index contributed by atoms with van der Waals surface area (Å²) in [6.45, 7) is 0.781.